The number of ether oxygens (including phenoxy) is 1. The van der Waals surface area contributed by atoms with Gasteiger partial charge in [0.05, 0.1) is 6.61 Å². The Morgan fingerprint density at radius 1 is 1.45 bits per heavy atom. The van der Waals surface area contributed by atoms with Gasteiger partial charge in [-0.3, -0.25) is 0 Å². The molecule has 5 nitrogen and oxygen atoms in total. The fourth-order valence-corrected chi connectivity index (χ4v) is 2.87. The Balaban J connectivity index is 1.95. The molecule has 108 valence electrons. The average molecular weight is 298 g/mol. The highest BCUT2D eigenvalue weighted by atomic mass is 32.2. The molecule has 0 aromatic heterocycles. The zero-order valence-corrected chi connectivity index (χ0v) is 11.6. The summed E-state index contributed by atoms with van der Waals surface area (Å²) in [6, 6.07) is 5.08. The number of nitrogens with one attached hydrogen (secondary N) is 1. The van der Waals surface area contributed by atoms with Crippen molar-refractivity contribution >= 4 is 10.0 Å². The lowest BCUT2D eigenvalue weighted by Gasteiger charge is -2.09. The first kappa shape index (κ1) is 14.9. The Hall–Kier alpha value is -1.49. The molecule has 0 spiro atoms. The number of nitriles is 1. The molecule has 0 aliphatic heterocycles. The maximum Gasteiger partial charge on any atom is 0.242 e. The van der Waals surface area contributed by atoms with Crippen LogP contribution in [0.5, 0.6) is 0 Å². The Morgan fingerprint density at radius 2 is 2.20 bits per heavy atom. The molecule has 0 bridgehead atoms. The van der Waals surface area contributed by atoms with E-state index in [1.165, 1.54) is 25.0 Å². The van der Waals surface area contributed by atoms with Crippen molar-refractivity contribution in [3.8, 4) is 6.07 Å². The minimum Gasteiger partial charge on any atom is -0.380 e. The second-order valence-corrected chi connectivity index (χ2v) is 6.38. The van der Waals surface area contributed by atoms with Crippen molar-refractivity contribution in [1.82, 2.24) is 4.72 Å². The van der Waals surface area contributed by atoms with Crippen LogP contribution < -0.4 is 4.72 Å². The van der Waals surface area contributed by atoms with E-state index in [9.17, 15) is 12.8 Å². The van der Waals surface area contributed by atoms with E-state index in [1.807, 2.05) is 0 Å². The van der Waals surface area contributed by atoms with Crippen molar-refractivity contribution in [3.05, 3.63) is 29.6 Å². The Kier molecular flexibility index (Phi) is 4.70. The van der Waals surface area contributed by atoms with Crippen LogP contribution in [-0.2, 0) is 14.8 Å². The molecule has 1 aromatic rings. The lowest BCUT2D eigenvalue weighted by atomic mass is 10.2. The largest absolute Gasteiger partial charge is 0.380 e. The first-order chi connectivity index (χ1) is 9.54. The Bertz CT molecular complexity index is 621. The van der Waals surface area contributed by atoms with E-state index >= 15 is 0 Å². The van der Waals surface area contributed by atoms with E-state index < -0.39 is 21.4 Å². The molecule has 2 rings (SSSR count). The molecule has 1 saturated carbocycles. The summed E-state index contributed by atoms with van der Waals surface area (Å²) in [5.74, 6) is -0.236. The molecule has 1 aliphatic rings. The number of hydrogen-bond donors (Lipinski definition) is 1. The molecule has 0 saturated heterocycles. The van der Waals surface area contributed by atoms with Gasteiger partial charge in [-0.1, -0.05) is 6.07 Å². The summed E-state index contributed by atoms with van der Waals surface area (Å²) >= 11 is 0. The first-order valence-corrected chi connectivity index (χ1v) is 7.79. The molecule has 0 amide bonds. The third kappa shape index (κ3) is 3.76. The van der Waals surface area contributed by atoms with Crippen LogP contribution in [0.2, 0.25) is 0 Å². The summed E-state index contributed by atoms with van der Waals surface area (Å²) < 4.78 is 45.0. The number of rotatable bonds is 7. The maximum absolute atomic E-state index is 13.4. The smallest absolute Gasteiger partial charge is 0.242 e. The van der Waals surface area contributed by atoms with Crippen LogP contribution in [0, 0.1) is 23.1 Å². The molecular formula is C13H15FN2O3S. The Labute approximate surface area is 117 Å². The van der Waals surface area contributed by atoms with Gasteiger partial charge in [-0.15, -0.1) is 0 Å². The lowest BCUT2D eigenvalue weighted by molar-refractivity contribution is 0.129. The summed E-state index contributed by atoms with van der Waals surface area (Å²) in [5, 5.41) is 8.83. The fourth-order valence-electron chi connectivity index (χ4n) is 1.70. The van der Waals surface area contributed by atoms with Gasteiger partial charge >= 0.3 is 0 Å². The van der Waals surface area contributed by atoms with Crippen molar-refractivity contribution in [1.29, 1.82) is 5.26 Å². The maximum atomic E-state index is 13.4. The van der Waals surface area contributed by atoms with Crippen LogP contribution in [0.1, 0.15) is 18.4 Å². The second-order valence-electron chi connectivity index (χ2n) is 4.64. The van der Waals surface area contributed by atoms with Crippen LogP contribution >= 0.6 is 0 Å². The number of sulfonamides is 1. The van der Waals surface area contributed by atoms with Gasteiger partial charge in [0, 0.05) is 13.2 Å². The fraction of sp³-hybridized carbons (Fsp3) is 0.462. The quantitative estimate of drug-likeness (QED) is 0.772. The van der Waals surface area contributed by atoms with Gasteiger partial charge in [0.2, 0.25) is 10.0 Å². The molecule has 1 aliphatic carbocycles. The number of nitrogens with zero attached hydrogens (tertiary/aromatic N) is 1. The molecule has 1 N–H and O–H groups in total. The summed E-state index contributed by atoms with van der Waals surface area (Å²) in [6.07, 6.45) is 2.33. The standard InChI is InChI=1S/C13H15FN2O3S/c14-12-2-1-3-13(11(12)8-15)20(17,18)16-6-7-19-9-10-4-5-10/h1-3,10,16H,4-7,9H2. The molecule has 0 unspecified atom stereocenters. The monoisotopic (exact) mass is 298 g/mol. The van der Waals surface area contributed by atoms with Gasteiger partial charge in [0.1, 0.15) is 22.3 Å². The van der Waals surface area contributed by atoms with Crippen LogP contribution in [0.15, 0.2) is 23.1 Å². The molecular weight excluding hydrogens is 283 g/mol. The third-order valence-electron chi connectivity index (χ3n) is 2.97. The molecule has 1 aromatic carbocycles. The number of benzene rings is 1. The number of hydrogen-bond acceptors (Lipinski definition) is 4. The van der Waals surface area contributed by atoms with Crippen molar-refractivity contribution in [2.75, 3.05) is 19.8 Å². The highest BCUT2D eigenvalue weighted by molar-refractivity contribution is 7.89. The van der Waals surface area contributed by atoms with E-state index in [-0.39, 0.29) is 18.0 Å². The zero-order valence-electron chi connectivity index (χ0n) is 10.8. The van der Waals surface area contributed by atoms with Crippen molar-refractivity contribution in [3.63, 3.8) is 0 Å². The van der Waals surface area contributed by atoms with E-state index in [0.29, 0.717) is 12.5 Å². The van der Waals surface area contributed by atoms with Crippen LogP contribution in [-0.4, -0.2) is 28.2 Å². The SMILES string of the molecule is N#Cc1c(F)cccc1S(=O)(=O)NCCOCC1CC1. The summed E-state index contributed by atoms with van der Waals surface area (Å²) in [7, 11) is -3.90. The predicted octanol–water partition coefficient (Wildman–Crippen LogP) is 1.40. The average Bonchev–Trinajstić information content (AvgIpc) is 3.22. The zero-order chi connectivity index (χ0) is 14.6. The highest BCUT2D eigenvalue weighted by Crippen LogP contribution is 2.28. The summed E-state index contributed by atoms with van der Waals surface area (Å²) in [6.45, 7) is 0.995. The predicted molar refractivity (Wildman–Crippen MR) is 69.8 cm³/mol. The minimum absolute atomic E-state index is 0.0937. The van der Waals surface area contributed by atoms with E-state index in [4.69, 9.17) is 10.00 Å². The van der Waals surface area contributed by atoms with Crippen molar-refractivity contribution in [2.24, 2.45) is 5.92 Å². The van der Waals surface area contributed by atoms with Crippen molar-refractivity contribution in [2.45, 2.75) is 17.7 Å². The first-order valence-electron chi connectivity index (χ1n) is 6.30. The molecule has 0 atom stereocenters. The van der Waals surface area contributed by atoms with Gasteiger partial charge in [-0.2, -0.15) is 5.26 Å². The highest BCUT2D eigenvalue weighted by Gasteiger charge is 2.22. The van der Waals surface area contributed by atoms with E-state index in [2.05, 4.69) is 4.72 Å². The number of halogens is 1. The van der Waals surface area contributed by atoms with Crippen LogP contribution in [0.25, 0.3) is 0 Å². The van der Waals surface area contributed by atoms with E-state index in [1.54, 1.807) is 6.07 Å². The van der Waals surface area contributed by atoms with Gasteiger partial charge < -0.3 is 4.74 Å². The van der Waals surface area contributed by atoms with Gasteiger partial charge in [0.25, 0.3) is 0 Å². The molecule has 1 fully saturated rings. The molecule has 0 radical (unpaired) electrons. The van der Waals surface area contributed by atoms with Gasteiger partial charge in [0.15, 0.2) is 0 Å². The van der Waals surface area contributed by atoms with E-state index in [0.717, 1.165) is 6.07 Å². The molecule has 0 heterocycles. The molecule has 7 heteroatoms. The lowest BCUT2D eigenvalue weighted by Crippen LogP contribution is -2.28. The molecule has 20 heavy (non-hydrogen) atoms. The van der Waals surface area contributed by atoms with Crippen LogP contribution in [0.3, 0.4) is 0 Å². The van der Waals surface area contributed by atoms with Gasteiger partial charge in [-0.05, 0) is 30.9 Å². The topological polar surface area (TPSA) is 79.2 Å². The normalized spacial score (nSPS) is 15.0. The second kappa shape index (κ2) is 6.31. The summed E-state index contributed by atoms with van der Waals surface area (Å²) in [4.78, 5) is -0.345. The summed E-state index contributed by atoms with van der Waals surface area (Å²) in [5.41, 5.74) is -0.473. The Morgan fingerprint density at radius 3 is 2.85 bits per heavy atom. The minimum atomic E-state index is -3.90. The van der Waals surface area contributed by atoms with Gasteiger partial charge in [-0.25, -0.2) is 17.5 Å². The third-order valence-corrected chi connectivity index (χ3v) is 4.47. The van der Waals surface area contributed by atoms with Crippen LogP contribution in [0.4, 0.5) is 4.39 Å². The van der Waals surface area contributed by atoms with Crippen molar-refractivity contribution < 1.29 is 17.5 Å².